The van der Waals surface area contributed by atoms with Gasteiger partial charge in [-0.25, -0.2) is 4.98 Å². The fourth-order valence-electron chi connectivity index (χ4n) is 3.56. The van der Waals surface area contributed by atoms with Crippen LogP contribution < -0.4 is 4.90 Å². The van der Waals surface area contributed by atoms with E-state index in [1.165, 1.54) is 11.3 Å². The summed E-state index contributed by atoms with van der Waals surface area (Å²) in [5.74, 6) is -0.0421. The fraction of sp³-hybridized carbons (Fsp3) is 0.0385. The molecule has 0 N–H and O–H groups in total. The molecule has 0 saturated carbocycles. The maximum atomic E-state index is 13.6. The molecular formula is C26H19N3OS. The molecule has 5 aromatic rings. The number of nitrogens with zero attached hydrogens (tertiary/aromatic N) is 3. The number of amides is 1. The first-order chi connectivity index (χ1) is 15.3. The highest BCUT2D eigenvalue weighted by atomic mass is 32.1. The van der Waals surface area contributed by atoms with Gasteiger partial charge >= 0.3 is 0 Å². The Labute approximate surface area is 184 Å². The first-order valence-electron chi connectivity index (χ1n) is 9.97. The summed E-state index contributed by atoms with van der Waals surface area (Å²) in [5.41, 5.74) is 7.51. The molecule has 2 aromatic heterocycles. The fourth-order valence-corrected chi connectivity index (χ4v) is 4.28. The molecule has 31 heavy (non-hydrogen) atoms. The number of pyridine rings is 1. The number of hydrogen-bond acceptors (Lipinski definition) is 4. The normalized spacial score (nSPS) is 10.8. The van der Waals surface area contributed by atoms with E-state index < -0.39 is 0 Å². The van der Waals surface area contributed by atoms with Gasteiger partial charge in [0.05, 0.1) is 22.3 Å². The molecule has 3 aromatic carbocycles. The molecule has 1 amide bonds. The molecule has 4 nitrogen and oxygen atoms in total. The summed E-state index contributed by atoms with van der Waals surface area (Å²) in [6, 6.07) is 27.9. The number of rotatable bonds is 5. The van der Waals surface area contributed by atoms with Crippen LogP contribution in [0, 0.1) is 0 Å². The Balaban J connectivity index is 1.51. The van der Waals surface area contributed by atoms with Crippen molar-refractivity contribution in [3.05, 3.63) is 114 Å². The monoisotopic (exact) mass is 421 g/mol. The summed E-state index contributed by atoms with van der Waals surface area (Å²) in [5, 5.41) is 0. The summed E-state index contributed by atoms with van der Waals surface area (Å²) < 4.78 is 1.01. The number of anilines is 1. The van der Waals surface area contributed by atoms with E-state index in [4.69, 9.17) is 0 Å². The molecule has 0 aliphatic carbocycles. The van der Waals surface area contributed by atoms with Crippen LogP contribution in [0.15, 0.2) is 103 Å². The Morgan fingerprint density at radius 2 is 1.58 bits per heavy atom. The van der Waals surface area contributed by atoms with Gasteiger partial charge in [0, 0.05) is 23.6 Å². The standard InChI is InChI=1S/C26H19N3OS/c30-26(22-8-11-24-25(16-22)31-18-28-24)29(17-19-12-14-27-15-13-19)23-9-6-21(7-10-23)20-4-2-1-3-5-20/h1-16,18H,17H2. The van der Waals surface area contributed by atoms with E-state index in [2.05, 4.69) is 34.2 Å². The maximum Gasteiger partial charge on any atom is 0.258 e. The second-order valence-corrected chi connectivity index (χ2v) is 8.08. The van der Waals surface area contributed by atoms with Crippen LogP contribution in [0.25, 0.3) is 21.3 Å². The van der Waals surface area contributed by atoms with Crippen molar-refractivity contribution in [2.75, 3.05) is 4.90 Å². The van der Waals surface area contributed by atoms with Crippen molar-refractivity contribution in [3.63, 3.8) is 0 Å². The van der Waals surface area contributed by atoms with Gasteiger partial charge in [-0.2, -0.15) is 0 Å². The number of carbonyl (C=O) groups is 1. The van der Waals surface area contributed by atoms with Crippen LogP contribution >= 0.6 is 11.3 Å². The van der Waals surface area contributed by atoms with Gasteiger partial charge in [-0.1, -0.05) is 42.5 Å². The smallest absolute Gasteiger partial charge is 0.258 e. The summed E-state index contributed by atoms with van der Waals surface area (Å²) >= 11 is 1.54. The second kappa shape index (κ2) is 8.50. The predicted molar refractivity (Wildman–Crippen MR) is 126 cm³/mol. The highest BCUT2D eigenvalue weighted by Crippen LogP contribution is 2.27. The van der Waals surface area contributed by atoms with Gasteiger partial charge in [0.15, 0.2) is 0 Å². The lowest BCUT2D eigenvalue weighted by Gasteiger charge is -2.23. The van der Waals surface area contributed by atoms with E-state index in [-0.39, 0.29) is 5.91 Å². The van der Waals surface area contributed by atoms with Crippen molar-refractivity contribution in [3.8, 4) is 11.1 Å². The van der Waals surface area contributed by atoms with Crippen LogP contribution in [0.5, 0.6) is 0 Å². The van der Waals surface area contributed by atoms with Gasteiger partial charge in [0.2, 0.25) is 0 Å². The largest absolute Gasteiger partial charge is 0.304 e. The average Bonchev–Trinajstić information content (AvgIpc) is 3.31. The first-order valence-corrected chi connectivity index (χ1v) is 10.9. The molecule has 0 aliphatic rings. The zero-order valence-electron chi connectivity index (χ0n) is 16.7. The van der Waals surface area contributed by atoms with Gasteiger partial charge in [-0.15, -0.1) is 11.3 Å². The number of aromatic nitrogens is 2. The van der Waals surface area contributed by atoms with Crippen LogP contribution in [0.1, 0.15) is 15.9 Å². The molecule has 0 saturated heterocycles. The zero-order chi connectivity index (χ0) is 21.0. The highest BCUT2D eigenvalue weighted by molar-refractivity contribution is 7.16. The van der Waals surface area contributed by atoms with Gasteiger partial charge in [-0.3, -0.25) is 9.78 Å². The minimum absolute atomic E-state index is 0.0421. The third-order valence-corrected chi connectivity index (χ3v) is 5.99. The van der Waals surface area contributed by atoms with Crippen molar-refractivity contribution in [1.82, 2.24) is 9.97 Å². The summed E-state index contributed by atoms with van der Waals surface area (Å²) in [7, 11) is 0. The van der Waals surface area contributed by atoms with Gasteiger partial charge in [0.1, 0.15) is 0 Å². The number of thiazole rings is 1. The van der Waals surface area contributed by atoms with E-state index in [1.54, 1.807) is 17.9 Å². The van der Waals surface area contributed by atoms with E-state index in [1.807, 2.05) is 65.6 Å². The molecule has 0 radical (unpaired) electrons. The van der Waals surface area contributed by atoms with E-state index in [9.17, 15) is 4.79 Å². The van der Waals surface area contributed by atoms with Crippen molar-refractivity contribution >= 4 is 33.1 Å². The lowest BCUT2D eigenvalue weighted by Crippen LogP contribution is -2.30. The lowest BCUT2D eigenvalue weighted by molar-refractivity contribution is 0.0985. The zero-order valence-corrected chi connectivity index (χ0v) is 17.5. The predicted octanol–water partition coefficient (Wildman–Crippen LogP) is 6.21. The molecule has 0 atom stereocenters. The Hall–Kier alpha value is -3.83. The highest BCUT2D eigenvalue weighted by Gasteiger charge is 2.19. The maximum absolute atomic E-state index is 13.6. The Bertz CT molecular complexity index is 1320. The molecule has 5 rings (SSSR count). The topological polar surface area (TPSA) is 46.1 Å². The van der Waals surface area contributed by atoms with Crippen LogP contribution in [0.4, 0.5) is 5.69 Å². The van der Waals surface area contributed by atoms with E-state index in [0.29, 0.717) is 12.1 Å². The lowest BCUT2D eigenvalue weighted by atomic mass is 10.0. The third-order valence-electron chi connectivity index (χ3n) is 5.20. The van der Waals surface area contributed by atoms with Gasteiger partial charge < -0.3 is 4.90 Å². The Kier molecular flexibility index (Phi) is 5.25. The van der Waals surface area contributed by atoms with Crippen LogP contribution in [0.2, 0.25) is 0 Å². The number of carbonyl (C=O) groups excluding carboxylic acids is 1. The van der Waals surface area contributed by atoms with Crippen LogP contribution in [0.3, 0.4) is 0 Å². The molecular weight excluding hydrogens is 402 g/mol. The molecule has 2 heterocycles. The summed E-state index contributed by atoms with van der Waals surface area (Å²) in [4.78, 5) is 23.8. The van der Waals surface area contributed by atoms with Crippen molar-refractivity contribution < 1.29 is 4.79 Å². The van der Waals surface area contributed by atoms with E-state index in [0.717, 1.165) is 32.6 Å². The van der Waals surface area contributed by atoms with Crippen LogP contribution in [-0.2, 0) is 6.54 Å². The Morgan fingerprint density at radius 3 is 2.35 bits per heavy atom. The third kappa shape index (κ3) is 4.09. The van der Waals surface area contributed by atoms with Crippen molar-refractivity contribution in [1.29, 1.82) is 0 Å². The quantitative estimate of drug-likeness (QED) is 0.339. The van der Waals surface area contributed by atoms with Gasteiger partial charge in [0.25, 0.3) is 5.91 Å². The van der Waals surface area contributed by atoms with Crippen molar-refractivity contribution in [2.45, 2.75) is 6.54 Å². The molecule has 0 aliphatic heterocycles. The average molecular weight is 422 g/mol. The summed E-state index contributed by atoms with van der Waals surface area (Å²) in [6.45, 7) is 0.465. The minimum atomic E-state index is -0.0421. The van der Waals surface area contributed by atoms with Crippen molar-refractivity contribution in [2.24, 2.45) is 0 Å². The molecule has 150 valence electrons. The van der Waals surface area contributed by atoms with Crippen LogP contribution in [-0.4, -0.2) is 15.9 Å². The Morgan fingerprint density at radius 1 is 0.839 bits per heavy atom. The number of benzene rings is 3. The van der Waals surface area contributed by atoms with Gasteiger partial charge in [-0.05, 0) is 59.2 Å². The minimum Gasteiger partial charge on any atom is -0.304 e. The van der Waals surface area contributed by atoms with E-state index >= 15 is 0 Å². The molecule has 0 fully saturated rings. The second-order valence-electron chi connectivity index (χ2n) is 7.19. The number of fused-ring (bicyclic) bond motifs is 1. The molecule has 5 heteroatoms. The molecule has 0 bridgehead atoms. The number of hydrogen-bond donors (Lipinski definition) is 0. The first kappa shape index (κ1) is 19.2. The molecule has 0 spiro atoms. The summed E-state index contributed by atoms with van der Waals surface area (Å²) in [6.07, 6.45) is 3.50. The SMILES string of the molecule is O=C(c1ccc2ncsc2c1)N(Cc1ccncc1)c1ccc(-c2ccccc2)cc1. The molecule has 0 unspecified atom stereocenters.